The summed E-state index contributed by atoms with van der Waals surface area (Å²) in [5.74, 6) is -1.31. The normalized spacial score (nSPS) is 13.7. The Hall–Kier alpha value is -4.97. The lowest BCUT2D eigenvalue weighted by Gasteiger charge is -2.15. The molecular formula is C26H23N5O7. The summed E-state index contributed by atoms with van der Waals surface area (Å²) in [5, 5.41) is 23.8. The number of nitro groups is 1. The van der Waals surface area contributed by atoms with E-state index in [2.05, 4.69) is 5.32 Å². The summed E-state index contributed by atoms with van der Waals surface area (Å²) in [7, 11) is 3.53. The number of amides is 3. The molecule has 4 aromatic rings. The van der Waals surface area contributed by atoms with Crippen LogP contribution in [-0.4, -0.2) is 61.9 Å². The van der Waals surface area contributed by atoms with E-state index in [0.29, 0.717) is 22.0 Å². The largest absolute Gasteiger partial charge is 0.428 e. The molecule has 0 bridgehead atoms. The fourth-order valence-corrected chi connectivity index (χ4v) is 4.75. The third-order valence-corrected chi connectivity index (χ3v) is 6.49. The summed E-state index contributed by atoms with van der Waals surface area (Å²) < 4.78 is 8.58. The van der Waals surface area contributed by atoms with Gasteiger partial charge in [-0.3, -0.25) is 19.7 Å². The van der Waals surface area contributed by atoms with E-state index in [1.807, 2.05) is 35.9 Å². The number of hydrogen-bond donors (Lipinski definition) is 2. The molecule has 0 saturated carbocycles. The molecule has 1 aliphatic rings. The van der Waals surface area contributed by atoms with Crippen LogP contribution in [0.25, 0.3) is 33.0 Å². The molecule has 0 aliphatic carbocycles. The minimum Gasteiger partial charge on any atom is -0.428 e. The third kappa shape index (κ3) is 3.96. The number of nitro benzene ring substituents is 1. The maximum atomic E-state index is 13.8. The summed E-state index contributed by atoms with van der Waals surface area (Å²) in [6.07, 6.45) is 2.52. The molecule has 2 N–H and O–H groups in total. The number of aliphatic hydroxyl groups excluding tert-OH is 1. The van der Waals surface area contributed by atoms with E-state index in [4.69, 9.17) is 9.84 Å². The predicted molar refractivity (Wildman–Crippen MR) is 138 cm³/mol. The molecule has 12 nitrogen and oxygen atoms in total. The molecule has 0 fully saturated rings. The van der Waals surface area contributed by atoms with Gasteiger partial charge in [0.15, 0.2) is 6.73 Å². The number of hydrogen-bond acceptors (Lipinski definition) is 7. The average Bonchev–Trinajstić information content (AvgIpc) is 3.49. The lowest BCUT2D eigenvalue weighted by molar-refractivity contribution is -0.384. The monoisotopic (exact) mass is 517 g/mol. The second kappa shape index (κ2) is 9.48. The van der Waals surface area contributed by atoms with Crippen molar-refractivity contribution in [1.82, 2.24) is 19.4 Å². The highest BCUT2D eigenvalue weighted by Crippen LogP contribution is 2.41. The van der Waals surface area contributed by atoms with Crippen LogP contribution in [0.5, 0.6) is 0 Å². The maximum Gasteiger partial charge on any atom is 0.408 e. The van der Waals surface area contributed by atoms with Crippen molar-refractivity contribution < 1.29 is 29.2 Å². The van der Waals surface area contributed by atoms with Gasteiger partial charge in [-0.15, -0.1) is 0 Å². The first-order valence-electron chi connectivity index (χ1n) is 11.6. The fraction of sp³-hybridized carbons (Fsp3) is 0.192. The Morgan fingerprint density at radius 3 is 2.21 bits per heavy atom. The van der Waals surface area contributed by atoms with Gasteiger partial charge in [0, 0.05) is 72.6 Å². The number of nitrogens with zero attached hydrogens (tertiary/aromatic N) is 4. The van der Waals surface area contributed by atoms with Crippen molar-refractivity contribution >= 4 is 56.5 Å². The van der Waals surface area contributed by atoms with E-state index in [1.54, 1.807) is 30.1 Å². The second-order valence-corrected chi connectivity index (χ2v) is 8.78. The molecule has 0 unspecified atom stereocenters. The number of aryl methyl sites for hydroxylation is 2. The molecule has 0 atom stereocenters. The smallest absolute Gasteiger partial charge is 0.408 e. The van der Waals surface area contributed by atoms with Crippen LogP contribution in [0.1, 0.15) is 11.1 Å². The number of alkyl carbamates (subject to hydrolysis) is 1. The van der Waals surface area contributed by atoms with Crippen molar-refractivity contribution in [3.05, 3.63) is 76.1 Å². The molecule has 2 aromatic heterocycles. The molecule has 5 rings (SSSR count). The second-order valence-electron chi connectivity index (χ2n) is 8.78. The number of aliphatic hydroxyl groups is 1. The van der Waals surface area contributed by atoms with E-state index >= 15 is 0 Å². The van der Waals surface area contributed by atoms with Crippen molar-refractivity contribution in [2.45, 2.75) is 0 Å². The van der Waals surface area contributed by atoms with Crippen molar-refractivity contribution in [3.63, 3.8) is 0 Å². The zero-order valence-electron chi connectivity index (χ0n) is 20.5. The number of imide groups is 1. The van der Waals surface area contributed by atoms with Crippen LogP contribution in [0.4, 0.5) is 10.5 Å². The van der Waals surface area contributed by atoms with Crippen LogP contribution in [0.2, 0.25) is 0 Å². The highest BCUT2D eigenvalue weighted by molar-refractivity contribution is 6.50. The summed E-state index contributed by atoms with van der Waals surface area (Å²) in [6, 6.07) is 11.7. The summed E-state index contributed by atoms with van der Waals surface area (Å²) in [5.41, 5.74) is 2.44. The number of non-ortho nitro benzene ring substituents is 1. The first kappa shape index (κ1) is 24.7. The lowest BCUT2D eigenvalue weighted by Crippen LogP contribution is -2.37. The average molecular weight is 517 g/mol. The first-order chi connectivity index (χ1) is 18.2. The Labute approximate surface area is 215 Å². The Bertz CT molecular complexity index is 1680. The first-order valence-corrected chi connectivity index (χ1v) is 11.6. The lowest BCUT2D eigenvalue weighted by atomic mass is 9.95. The van der Waals surface area contributed by atoms with Crippen LogP contribution in [0.3, 0.4) is 0 Å². The van der Waals surface area contributed by atoms with E-state index < -0.39 is 29.6 Å². The molecule has 3 amide bonds. The fourth-order valence-electron chi connectivity index (χ4n) is 4.75. The van der Waals surface area contributed by atoms with E-state index in [9.17, 15) is 24.5 Å². The van der Waals surface area contributed by atoms with E-state index in [0.717, 1.165) is 15.8 Å². The molecule has 2 aromatic carbocycles. The Morgan fingerprint density at radius 1 is 0.974 bits per heavy atom. The maximum absolute atomic E-state index is 13.8. The van der Waals surface area contributed by atoms with Crippen LogP contribution >= 0.6 is 0 Å². The molecule has 3 heterocycles. The highest BCUT2D eigenvalue weighted by atomic mass is 16.6. The number of carbonyl (C=O) groups excluding carboxylic acids is 3. The zero-order valence-corrected chi connectivity index (χ0v) is 20.5. The highest BCUT2D eigenvalue weighted by Gasteiger charge is 2.42. The topological polar surface area (TPSA) is 149 Å². The number of aromatic nitrogens is 2. The van der Waals surface area contributed by atoms with Crippen LogP contribution in [-0.2, 0) is 28.4 Å². The van der Waals surface area contributed by atoms with E-state index in [1.165, 1.54) is 12.1 Å². The van der Waals surface area contributed by atoms with Gasteiger partial charge in [-0.2, -0.15) is 0 Å². The molecule has 0 radical (unpaired) electrons. The zero-order chi connectivity index (χ0) is 27.1. The number of nitrogens with one attached hydrogen (secondary N) is 1. The van der Waals surface area contributed by atoms with Crippen LogP contribution < -0.4 is 5.32 Å². The SMILES string of the molecule is Cn1cc(C2=C(c3cn(C)c4cc([N+](=O)[O-])ccc34)C(=O)N(COC(=O)NCCO)C2=O)c2ccccc21. The molecule has 0 spiro atoms. The quantitative estimate of drug-likeness (QED) is 0.217. The Kier molecular flexibility index (Phi) is 6.17. The van der Waals surface area contributed by atoms with Gasteiger partial charge in [0.05, 0.1) is 28.2 Å². The molecule has 194 valence electrons. The molecule has 0 saturated heterocycles. The molecular weight excluding hydrogens is 494 g/mol. The van der Waals surface area contributed by atoms with Crippen LogP contribution in [0.15, 0.2) is 54.9 Å². The van der Waals surface area contributed by atoms with Gasteiger partial charge in [-0.25, -0.2) is 9.69 Å². The summed E-state index contributed by atoms with van der Waals surface area (Å²) in [4.78, 5) is 51.1. The van der Waals surface area contributed by atoms with Crippen LogP contribution in [0, 0.1) is 10.1 Å². The van der Waals surface area contributed by atoms with Gasteiger partial charge in [-0.1, -0.05) is 18.2 Å². The number of rotatable bonds is 7. The number of fused-ring (bicyclic) bond motifs is 2. The number of benzene rings is 2. The van der Waals surface area contributed by atoms with Gasteiger partial charge >= 0.3 is 6.09 Å². The van der Waals surface area contributed by atoms with Gasteiger partial charge in [0.25, 0.3) is 17.5 Å². The summed E-state index contributed by atoms with van der Waals surface area (Å²) >= 11 is 0. The van der Waals surface area contributed by atoms with Gasteiger partial charge in [0.1, 0.15) is 0 Å². The van der Waals surface area contributed by atoms with Crippen molar-refractivity contribution in [3.8, 4) is 0 Å². The minimum atomic E-state index is -0.891. The van der Waals surface area contributed by atoms with Gasteiger partial charge < -0.3 is 24.3 Å². The van der Waals surface area contributed by atoms with Gasteiger partial charge in [-0.05, 0) is 12.1 Å². The van der Waals surface area contributed by atoms with Crippen molar-refractivity contribution in [1.29, 1.82) is 0 Å². The Morgan fingerprint density at radius 2 is 1.58 bits per heavy atom. The molecule has 12 heteroatoms. The van der Waals surface area contributed by atoms with Crippen molar-refractivity contribution in [2.24, 2.45) is 14.1 Å². The summed E-state index contributed by atoms with van der Waals surface area (Å²) in [6.45, 7) is -0.983. The molecule has 1 aliphatic heterocycles. The van der Waals surface area contributed by atoms with E-state index in [-0.39, 0.29) is 30.0 Å². The number of ether oxygens (including phenoxy) is 1. The van der Waals surface area contributed by atoms with Crippen molar-refractivity contribution in [2.75, 3.05) is 19.9 Å². The number of carbonyl (C=O) groups is 3. The minimum absolute atomic E-state index is 0.0480. The number of para-hydroxylation sites is 1. The Balaban J connectivity index is 1.68. The predicted octanol–water partition coefficient (Wildman–Crippen LogP) is 2.53. The van der Waals surface area contributed by atoms with Gasteiger partial charge in [0.2, 0.25) is 0 Å². The standard InChI is InChI=1S/C26H23N5O7/c1-28-12-18(16-5-3-4-6-20(16)28)22-23(25(34)30(24(22)33)14-38-26(35)27-9-10-32)19-13-29(2)21-11-15(31(36)37)7-8-17(19)21/h3-8,11-13,32H,9-10,14H2,1-2H3,(H,27,35). The third-order valence-electron chi connectivity index (χ3n) is 6.49. The molecule has 38 heavy (non-hydrogen) atoms.